The van der Waals surface area contributed by atoms with Crippen molar-refractivity contribution in [1.29, 1.82) is 5.41 Å². The van der Waals surface area contributed by atoms with Crippen LogP contribution in [0.1, 0.15) is 44.8 Å². The fourth-order valence-electron chi connectivity index (χ4n) is 3.18. The lowest BCUT2D eigenvalue weighted by Gasteiger charge is -2.12. The van der Waals surface area contributed by atoms with Crippen LogP contribution in [0.15, 0.2) is 37.1 Å². The van der Waals surface area contributed by atoms with Crippen molar-refractivity contribution in [2.24, 2.45) is 5.73 Å². The smallest absolute Gasteiger partial charge is 0.0999 e. The van der Waals surface area contributed by atoms with E-state index in [2.05, 4.69) is 29.4 Å². The number of nitrogens with one attached hydrogen (secondary N) is 2. The standard InChI is InChI=1S/C20H28N8/c1-3-17(4-2)27-13-16(12-25-27)20-19-6-9-24-28(19)14-18(26-20)15(10-22)11-23-8-5-7-21/h6,9-14,17,22-23H,3-5,7-8,21H2,1-2H3/b15-11+,22-10?. The van der Waals surface area contributed by atoms with Gasteiger partial charge < -0.3 is 16.5 Å². The Balaban J connectivity index is 2.01. The zero-order chi connectivity index (χ0) is 19.9. The summed E-state index contributed by atoms with van der Waals surface area (Å²) >= 11 is 0. The second-order valence-corrected chi connectivity index (χ2v) is 6.66. The van der Waals surface area contributed by atoms with E-state index in [1.807, 2.05) is 29.3 Å². The van der Waals surface area contributed by atoms with Crippen LogP contribution in [0.2, 0.25) is 0 Å². The fraction of sp³-hybridized carbons (Fsp3) is 0.400. The largest absolute Gasteiger partial charge is 0.390 e. The first kappa shape index (κ1) is 19.8. The van der Waals surface area contributed by atoms with Crippen molar-refractivity contribution in [3.05, 3.63) is 42.7 Å². The Bertz CT molecular complexity index is 948. The summed E-state index contributed by atoms with van der Waals surface area (Å²) in [6.07, 6.45) is 13.5. The van der Waals surface area contributed by atoms with E-state index in [0.29, 0.717) is 23.9 Å². The summed E-state index contributed by atoms with van der Waals surface area (Å²) in [5, 5.41) is 19.9. The van der Waals surface area contributed by atoms with Crippen molar-refractivity contribution in [2.75, 3.05) is 13.1 Å². The Morgan fingerprint density at radius 1 is 1.29 bits per heavy atom. The summed E-state index contributed by atoms with van der Waals surface area (Å²) in [6, 6.07) is 2.31. The Kier molecular flexibility index (Phi) is 6.54. The minimum Gasteiger partial charge on any atom is -0.390 e. The lowest BCUT2D eigenvalue weighted by atomic mass is 10.1. The molecule has 8 heteroatoms. The van der Waals surface area contributed by atoms with Gasteiger partial charge in [0.05, 0.1) is 41.5 Å². The summed E-state index contributed by atoms with van der Waals surface area (Å²) < 4.78 is 3.81. The summed E-state index contributed by atoms with van der Waals surface area (Å²) in [7, 11) is 0. The van der Waals surface area contributed by atoms with Gasteiger partial charge in [0.1, 0.15) is 0 Å². The van der Waals surface area contributed by atoms with Crippen LogP contribution in [0.25, 0.3) is 22.3 Å². The van der Waals surface area contributed by atoms with Crippen LogP contribution >= 0.6 is 0 Å². The van der Waals surface area contributed by atoms with E-state index in [-0.39, 0.29) is 0 Å². The minimum absolute atomic E-state index is 0.377. The zero-order valence-electron chi connectivity index (χ0n) is 16.5. The number of nitrogens with zero attached hydrogens (tertiary/aromatic N) is 5. The number of hydrogen-bond donors (Lipinski definition) is 3. The van der Waals surface area contributed by atoms with Crippen LogP contribution < -0.4 is 11.1 Å². The number of nitrogens with two attached hydrogens (primary N) is 1. The zero-order valence-corrected chi connectivity index (χ0v) is 16.5. The van der Waals surface area contributed by atoms with E-state index in [0.717, 1.165) is 42.6 Å². The topological polar surface area (TPSA) is 110 Å². The number of allylic oxidation sites excluding steroid dienone is 1. The third-order valence-electron chi connectivity index (χ3n) is 4.82. The van der Waals surface area contributed by atoms with Crippen LogP contribution in [0.5, 0.6) is 0 Å². The van der Waals surface area contributed by atoms with Crippen LogP contribution in [-0.4, -0.2) is 43.7 Å². The SMILES string of the molecule is CCC(CC)n1cc(-c2nc(/C(C=N)=C/NCCCN)cn3nccc23)cn1. The van der Waals surface area contributed by atoms with Gasteiger partial charge in [0.15, 0.2) is 0 Å². The molecule has 0 radical (unpaired) electrons. The average molecular weight is 381 g/mol. The van der Waals surface area contributed by atoms with Crippen molar-refractivity contribution in [3.8, 4) is 11.3 Å². The molecule has 0 fully saturated rings. The summed E-state index contributed by atoms with van der Waals surface area (Å²) in [6.45, 7) is 5.72. The molecule has 0 aromatic carbocycles. The molecule has 3 aromatic heterocycles. The van der Waals surface area contributed by atoms with E-state index in [1.165, 1.54) is 6.21 Å². The number of rotatable bonds is 10. The second-order valence-electron chi connectivity index (χ2n) is 6.66. The molecule has 0 aliphatic carbocycles. The first-order chi connectivity index (χ1) is 13.7. The lowest BCUT2D eigenvalue weighted by molar-refractivity contribution is 0.428. The Hall–Kier alpha value is -3.00. The molecule has 28 heavy (non-hydrogen) atoms. The van der Waals surface area contributed by atoms with E-state index in [9.17, 15) is 0 Å². The molecule has 3 heterocycles. The molecule has 0 atom stereocenters. The molecule has 0 spiro atoms. The van der Waals surface area contributed by atoms with Gasteiger partial charge in [-0.1, -0.05) is 13.8 Å². The maximum Gasteiger partial charge on any atom is 0.0999 e. The third kappa shape index (κ3) is 4.12. The number of hydrogen-bond acceptors (Lipinski definition) is 6. The highest BCUT2D eigenvalue weighted by Crippen LogP contribution is 2.26. The molecule has 0 unspecified atom stereocenters. The van der Waals surface area contributed by atoms with Crippen LogP contribution in [0.3, 0.4) is 0 Å². The fourth-order valence-corrected chi connectivity index (χ4v) is 3.18. The van der Waals surface area contributed by atoms with E-state index < -0.39 is 0 Å². The molecule has 148 valence electrons. The van der Waals surface area contributed by atoms with E-state index in [1.54, 1.807) is 16.9 Å². The molecule has 0 aliphatic rings. The van der Waals surface area contributed by atoms with Crippen molar-refractivity contribution in [1.82, 2.24) is 29.7 Å². The van der Waals surface area contributed by atoms with Gasteiger partial charge in [-0.05, 0) is 31.9 Å². The molecule has 3 rings (SSSR count). The molecule has 0 saturated carbocycles. The molecular weight excluding hydrogens is 352 g/mol. The van der Waals surface area contributed by atoms with Crippen molar-refractivity contribution >= 4 is 17.3 Å². The van der Waals surface area contributed by atoms with Crippen molar-refractivity contribution in [3.63, 3.8) is 0 Å². The molecule has 8 nitrogen and oxygen atoms in total. The monoisotopic (exact) mass is 380 g/mol. The van der Waals surface area contributed by atoms with Gasteiger partial charge in [0.25, 0.3) is 0 Å². The van der Waals surface area contributed by atoms with E-state index in [4.69, 9.17) is 16.1 Å². The molecule has 3 aromatic rings. The molecule has 0 saturated heterocycles. The highest BCUT2D eigenvalue weighted by atomic mass is 15.3. The maximum atomic E-state index is 7.79. The Labute approximate surface area is 165 Å². The van der Waals surface area contributed by atoms with Gasteiger partial charge in [0.2, 0.25) is 0 Å². The van der Waals surface area contributed by atoms with Crippen LogP contribution in [-0.2, 0) is 0 Å². The second kappa shape index (κ2) is 9.27. The van der Waals surface area contributed by atoms with E-state index >= 15 is 0 Å². The third-order valence-corrected chi connectivity index (χ3v) is 4.82. The number of aromatic nitrogens is 5. The average Bonchev–Trinajstić information content (AvgIpc) is 3.38. The molecule has 4 N–H and O–H groups in total. The number of fused-ring (bicyclic) bond motifs is 1. The highest BCUT2D eigenvalue weighted by Gasteiger charge is 2.15. The van der Waals surface area contributed by atoms with Crippen molar-refractivity contribution < 1.29 is 0 Å². The Morgan fingerprint density at radius 2 is 2.11 bits per heavy atom. The molecule has 0 aliphatic heterocycles. The molecular formula is C20H28N8. The maximum absolute atomic E-state index is 7.79. The quantitative estimate of drug-likeness (QED) is 0.370. The predicted octanol–water partition coefficient (Wildman–Crippen LogP) is 2.88. The summed E-state index contributed by atoms with van der Waals surface area (Å²) in [5.74, 6) is 0. The first-order valence-electron chi connectivity index (χ1n) is 9.75. The highest BCUT2D eigenvalue weighted by molar-refractivity contribution is 6.07. The van der Waals surface area contributed by atoms with Gasteiger partial charge in [-0.2, -0.15) is 10.2 Å². The normalized spacial score (nSPS) is 12.1. The van der Waals surface area contributed by atoms with Gasteiger partial charge in [-0.15, -0.1) is 0 Å². The van der Waals surface area contributed by atoms with Crippen LogP contribution in [0.4, 0.5) is 0 Å². The lowest BCUT2D eigenvalue weighted by Crippen LogP contribution is -2.13. The predicted molar refractivity (Wildman–Crippen MR) is 112 cm³/mol. The first-order valence-corrected chi connectivity index (χ1v) is 9.75. The van der Waals surface area contributed by atoms with Gasteiger partial charge in [-0.25, -0.2) is 9.50 Å². The van der Waals surface area contributed by atoms with Crippen LogP contribution in [0, 0.1) is 5.41 Å². The molecule has 0 bridgehead atoms. The minimum atomic E-state index is 0.377. The van der Waals surface area contributed by atoms with Crippen molar-refractivity contribution in [2.45, 2.75) is 39.2 Å². The van der Waals surface area contributed by atoms with Gasteiger partial charge >= 0.3 is 0 Å². The van der Waals surface area contributed by atoms with Gasteiger partial charge in [-0.3, -0.25) is 4.68 Å². The summed E-state index contributed by atoms with van der Waals surface area (Å²) in [4.78, 5) is 4.84. The Morgan fingerprint density at radius 3 is 2.82 bits per heavy atom. The summed E-state index contributed by atoms with van der Waals surface area (Å²) in [5.41, 5.74) is 9.55. The van der Waals surface area contributed by atoms with Gasteiger partial charge in [0, 0.05) is 36.3 Å². The molecule has 0 amide bonds.